The van der Waals surface area contributed by atoms with Crippen molar-refractivity contribution in [2.75, 3.05) is 0 Å². The van der Waals surface area contributed by atoms with Gasteiger partial charge in [0.15, 0.2) is 0 Å². The fraction of sp³-hybridized carbons (Fsp3) is 0.400. The lowest BCUT2D eigenvalue weighted by Crippen LogP contribution is -2.30. The SMILES string of the molecule is O[C@H](CC1c2ccccc2-c2cncn21)C1CCC(OCc2ccccc2)CC1. The minimum Gasteiger partial charge on any atom is -0.393 e. The molecular formula is C25H28N2O2. The van der Waals surface area contributed by atoms with Gasteiger partial charge in [0, 0.05) is 5.56 Å². The number of benzene rings is 2. The molecule has 0 radical (unpaired) electrons. The number of ether oxygens (including phenoxy) is 1. The maximum atomic E-state index is 11.0. The third-order valence-electron chi connectivity index (χ3n) is 6.65. The van der Waals surface area contributed by atoms with Gasteiger partial charge >= 0.3 is 0 Å². The van der Waals surface area contributed by atoms with E-state index in [1.807, 2.05) is 18.6 Å². The van der Waals surface area contributed by atoms with Crippen LogP contribution in [0, 0.1) is 5.92 Å². The largest absolute Gasteiger partial charge is 0.393 e. The van der Waals surface area contributed by atoms with Gasteiger partial charge < -0.3 is 14.4 Å². The van der Waals surface area contributed by atoms with Gasteiger partial charge in [0.2, 0.25) is 0 Å². The molecule has 0 saturated heterocycles. The number of aliphatic hydroxyl groups excluding tert-OH is 1. The summed E-state index contributed by atoms with van der Waals surface area (Å²) in [6, 6.07) is 19.1. The molecule has 0 amide bonds. The van der Waals surface area contributed by atoms with Gasteiger partial charge in [0.25, 0.3) is 0 Å². The molecule has 4 heteroatoms. The first-order chi connectivity index (χ1) is 14.3. The second kappa shape index (κ2) is 8.13. The molecule has 2 aliphatic rings. The summed E-state index contributed by atoms with van der Waals surface area (Å²) >= 11 is 0. The molecule has 150 valence electrons. The molecule has 1 saturated carbocycles. The molecule has 3 aromatic rings. The minimum atomic E-state index is -0.295. The summed E-state index contributed by atoms with van der Waals surface area (Å²) in [6.45, 7) is 0.682. The lowest BCUT2D eigenvalue weighted by Gasteiger charge is -2.32. The predicted octanol–water partition coefficient (Wildman–Crippen LogP) is 4.98. The van der Waals surface area contributed by atoms with Crippen LogP contribution in [0.3, 0.4) is 0 Å². The monoisotopic (exact) mass is 388 g/mol. The van der Waals surface area contributed by atoms with Gasteiger partial charge in [-0.05, 0) is 49.1 Å². The van der Waals surface area contributed by atoms with E-state index >= 15 is 0 Å². The quantitative estimate of drug-likeness (QED) is 0.648. The van der Waals surface area contributed by atoms with E-state index in [0.29, 0.717) is 18.6 Å². The number of aromatic nitrogens is 2. The van der Waals surface area contributed by atoms with Crippen molar-refractivity contribution in [1.29, 1.82) is 0 Å². The van der Waals surface area contributed by atoms with E-state index in [0.717, 1.165) is 37.8 Å². The van der Waals surface area contributed by atoms with Crippen LogP contribution in [0.15, 0.2) is 67.1 Å². The van der Waals surface area contributed by atoms with Gasteiger partial charge in [-0.3, -0.25) is 0 Å². The van der Waals surface area contributed by atoms with Crippen molar-refractivity contribution in [2.45, 2.75) is 57.0 Å². The molecule has 1 unspecified atom stereocenters. The Labute approximate surface area is 172 Å². The van der Waals surface area contributed by atoms with Crippen LogP contribution in [0.25, 0.3) is 11.3 Å². The summed E-state index contributed by atoms with van der Waals surface area (Å²) < 4.78 is 8.34. The molecule has 1 N–H and O–H groups in total. The van der Waals surface area contributed by atoms with E-state index in [2.05, 4.69) is 58.1 Å². The first-order valence-corrected chi connectivity index (χ1v) is 10.7. The van der Waals surface area contributed by atoms with Crippen LogP contribution in [0.2, 0.25) is 0 Å². The number of imidazole rings is 1. The molecule has 1 aliphatic heterocycles. The lowest BCUT2D eigenvalue weighted by atomic mass is 9.81. The molecule has 2 aromatic carbocycles. The number of hydrogen-bond donors (Lipinski definition) is 1. The zero-order chi connectivity index (χ0) is 19.6. The molecule has 1 fully saturated rings. The second-order valence-electron chi connectivity index (χ2n) is 8.43. The molecule has 1 aromatic heterocycles. The highest BCUT2D eigenvalue weighted by molar-refractivity contribution is 5.68. The van der Waals surface area contributed by atoms with Crippen molar-refractivity contribution in [3.63, 3.8) is 0 Å². The summed E-state index contributed by atoms with van der Waals surface area (Å²) in [7, 11) is 0. The van der Waals surface area contributed by atoms with E-state index in [1.54, 1.807) is 0 Å². The van der Waals surface area contributed by atoms with E-state index in [9.17, 15) is 5.11 Å². The topological polar surface area (TPSA) is 47.3 Å². The summed E-state index contributed by atoms with van der Waals surface area (Å²) in [5.41, 5.74) is 4.95. The zero-order valence-corrected chi connectivity index (χ0v) is 16.7. The van der Waals surface area contributed by atoms with Crippen molar-refractivity contribution in [3.05, 3.63) is 78.2 Å². The average molecular weight is 389 g/mol. The van der Waals surface area contributed by atoms with Gasteiger partial charge in [0.1, 0.15) is 0 Å². The number of fused-ring (bicyclic) bond motifs is 3. The summed E-state index contributed by atoms with van der Waals surface area (Å²) in [5.74, 6) is 0.353. The van der Waals surface area contributed by atoms with E-state index < -0.39 is 0 Å². The zero-order valence-electron chi connectivity index (χ0n) is 16.7. The van der Waals surface area contributed by atoms with Crippen molar-refractivity contribution < 1.29 is 9.84 Å². The number of aliphatic hydroxyl groups is 1. The second-order valence-corrected chi connectivity index (χ2v) is 8.43. The number of nitrogens with zero attached hydrogens (tertiary/aromatic N) is 2. The Morgan fingerprint density at radius 1 is 1.00 bits per heavy atom. The molecule has 2 heterocycles. The Hall–Kier alpha value is -2.43. The van der Waals surface area contributed by atoms with E-state index in [1.165, 1.54) is 16.7 Å². The standard InChI is InChI=1S/C25H28N2O2/c28-25(14-23-21-8-4-5-9-22(21)24-15-26-17-27(23)24)19-10-12-20(13-11-19)29-16-18-6-2-1-3-7-18/h1-9,15,17,19-20,23,25,28H,10-14,16H2/t19?,20?,23?,25-/m1/s1. The fourth-order valence-corrected chi connectivity index (χ4v) is 5.02. The van der Waals surface area contributed by atoms with Gasteiger partial charge in [-0.2, -0.15) is 0 Å². The first kappa shape index (κ1) is 18.6. The van der Waals surface area contributed by atoms with Gasteiger partial charge in [-0.1, -0.05) is 54.6 Å². The molecule has 29 heavy (non-hydrogen) atoms. The van der Waals surface area contributed by atoms with Crippen LogP contribution in [-0.4, -0.2) is 26.9 Å². The van der Waals surface area contributed by atoms with Gasteiger partial charge in [-0.15, -0.1) is 0 Å². The highest BCUT2D eigenvalue weighted by Gasteiger charge is 2.33. The summed E-state index contributed by atoms with van der Waals surface area (Å²) in [6.07, 6.45) is 8.74. The predicted molar refractivity (Wildman–Crippen MR) is 113 cm³/mol. The third-order valence-corrected chi connectivity index (χ3v) is 6.65. The van der Waals surface area contributed by atoms with Crippen LogP contribution in [0.4, 0.5) is 0 Å². The molecule has 0 spiro atoms. The molecule has 5 rings (SSSR count). The van der Waals surface area contributed by atoms with Gasteiger partial charge in [0.05, 0.1) is 43.1 Å². The van der Waals surface area contributed by atoms with Crippen molar-refractivity contribution >= 4 is 0 Å². The minimum absolute atomic E-state index is 0.186. The van der Waals surface area contributed by atoms with Gasteiger partial charge in [-0.25, -0.2) is 4.98 Å². The Balaban J connectivity index is 1.17. The fourth-order valence-electron chi connectivity index (χ4n) is 5.02. The number of rotatable bonds is 6. The highest BCUT2D eigenvalue weighted by Crippen LogP contribution is 2.42. The number of hydrogen-bond acceptors (Lipinski definition) is 3. The van der Waals surface area contributed by atoms with E-state index in [4.69, 9.17) is 4.74 Å². The normalized spacial score (nSPS) is 24.1. The van der Waals surface area contributed by atoms with Crippen molar-refractivity contribution in [3.8, 4) is 11.3 Å². The lowest BCUT2D eigenvalue weighted by molar-refractivity contribution is -0.0160. The average Bonchev–Trinajstić information content (AvgIpc) is 3.36. The van der Waals surface area contributed by atoms with E-state index in [-0.39, 0.29) is 12.1 Å². The van der Waals surface area contributed by atoms with Crippen molar-refractivity contribution in [2.24, 2.45) is 5.92 Å². The summed E-state index contributed by atoms with van der Waals surface area (Å²) in [5, 5.41) is 11.0. The smallest absolute Gasteiger partial charge is 0.0956 e. The van der Waals surface area contributed by atoms with Crippen molar-refractivity contribution in [1.82, 2.24) is 9.55 Å². The maximum absolute atomic E-state index is 11.0. The Morgan fingerprint density at radius 2 is 1.76 bits per heavy atom. The third kappa shape index (κ3) is 3.75. The molecule has 1 aliphatic carbocycles. The highest BCUT2D eigenvalue weighted by atomic mass is 16.5. The van der Waals surface area contributed by atoms with Crippen LogP contribution < -0.4 is 0 Å². The molecule has 4 nitrogen and oxygen atoms in total. The Kier molecular flexibility index (Phi) is 5.21. The van der Waals surface area contributed by atoms with Crippen LogP contribution in [0.5, 0.6) is 0 Å². The maximum Gasteiger partial charge on any atom is 0.0956 e. The summed E-state index contributed by atoms with van der Waals surface area (Å²) in [4.78, 5) is 4.33. The Morgan fingerprint density at radius 3 is 2.59 bits per heavy atom. The Bertz CT molecular complexity index is 944. The molecule has 0 bridgehead atoms. The first-order valence-electron chi connectivity index (χ1n) is 10.7. The molecule has 2 atom stereocenters. The molecular weight excluding hydrogens is 360 g/mol. The van der Waals surface area contributed by atoms with Crippen LogP contribution in [-0.2, 0) is 11.3 Å². The van der Waals surface area contributed by atoms with Crippen LogP contribution in [0.1, 0.15) is 49.3 Å². The van der Waals surface area contributed by atoms with Crippen LogP contribution >= 0.6 is 0 Å².